The number of ketones is 1. The lowest BCUT2D eigenvalue weighted by Gasteiger charge is -2.63. The van der Waals surface area contributed by atoms with Crippen molar-refractivity contribution in [1.29, 1.82) is 0 Å². The van der Waals surface area contributed by atoms with Crippen LogP contribution in [0, 0.1) is 23.3 Å². The number of imide groups is 2. The standard InChI is InChI=1S/C45H50ClN5O7/c1-26-24-49(29-11-9-28(10-12-29)37(52)23-38-44(3,4)43(45(38,5)6)58-31-14-16-35(47-7)34(46)22-31)25-27(2)50(26)19-8-20-57-30-13-15-32-33(21-30)42(56)51(41(32)55)36-17-18-39(53)48-40(36)54/h9-16,21-22,26-27,36,38,43H,8,17-20,23-25H2,1-6H3,(H,48,53,54)/t26-,27+,36?,38?,43?. The molecule has 4 aliphatic rings. The minimum atomic E-state index is -1.01. The third-order valence-corrected chi connectivity index (χ3v) is 13.0. The molecule has 0 aromatic heterocycles. The molecule has 3 aliphatic heterocycles. The summed E-state index contributed by atoms with van der Waals surface area (Å²) in [6, 6.07) is 17.4. The summed E-state index contributed by atoms with van der Waals surface area (Å²) < 4.78 is 12.4. The monoisotopic (exact) mass is 807 g/mol. The zero-order chi connectivity index (χ0) is 41.7. The Balaban J connectivity index is 0.883. The fourth-order valence-electron chi connectivity index (χ4n) is 9.95. The Kier molecular flexibility index (Phi) is 11.2. The van der Waals surface area contributed by atoms with Gasteiger partial charge in [0.15, 0.2) is 5.78 Å². The number of fused-ring (bicyclic) bond motifs is 1. The molecule has 4 amide bonds. The molecule has 0 bridgehead atoms. The molecule has 12 nitrogen and oxygen atoms in total. The van der Waals surface area contributed by atoms with Crippen LogP contribution in [-0.4, -0.2) is 89.7 Å². The van der Waals surface area contributed by atoms with Gasteiger partial charge >= 0.3 is 0 Å². The number of carbonyl (C=O) groups excluding carboxylic acids is 5. The number of piperidine rings is 1. The maximum atomic E-state index is 13.7. The van der Waals surface area contributed by atoms with Crippen molar-refractivity contribution < 1.29 is 33.4 Å². The van der Waals surface area contributed by atoms with Gasteiger partial charge in [-0.15, -0.1) is 0 Å². The molecule has 3 atom stereocenters. The summed E-state index contributed by atoms with van der Waals surface area (Å²) in [7, 11) is 0. The summed E-state index contributed by atoms with van der Waals surface area (Å²) >= 11 is 6.27. The van der Waals surface area contributed by atoms with Crippen LogP contribution in [0.4, 0.5) is 11.4 Å². The molecule has 0 spiro atoms. The van der Waals surface area contributed by atoms with Crippen LogP contribution in [0.2, 0.25) is 5.02 Å². The first-order chi connectivity index (χ1) is 27.5. The Labute approximate surface area is 344 Å². The van der Waals surface area contributed by atoms with Gasteiger partial charge in [-0.1, -0.05) is 45.4 Å². The Bertz CT molecular complexity index is 2170. The van der Waals surface area contributed by atoms with Crippen molar-refractivity contribution in [3.63, 3.8) is 0 Å². The van der Waals surface area contributed by atoms with Crippen molar-refractivity contribution in [3.8, 4) is 11.5 Å². The van der Waals surface area contributed by atoms with Crippen LogP contribution in [0.1, 0.15) is 98.3 Å². The molecule has 2 saturated heterocycles. The summed E-state index contributed by atoms with van der Waals surface area (Å²) in [5.41, 5.74) is 2.08. The molecule has 304 valence electrons. The molecule has 13 heteroatoms. The molecule has 3 fully saturated rings. The van der Waals surface area contributed by atoms with Crippen molar-refractivity contribution in [3.05, 3.63) is 93.8 Å². The smallest absolute Gasteiger partial charge is 0.262 e. The van der Waals surface area contributed by atoms with Crippen LogP contribution < -0.4 is 19.7 Å². The molecule has 1 unspecified atom stereocenters. The van der Waals surface area contributed by atoms with Crippen molar-refractivity contribution in [2.45, 2.75) is 91.5 Å². The molecular formula is C45H50ClN5O7. The highest BCUT2D eigenvalue weighted by atomic mass is 35.5. The number of benzene rings is 3. The summed E-state index contributed by atoms with van der Waals surface area (Å²) in [5, 5.41) is 2.58. The summed E-state index contributed by atoms with van der Waals surface area (Å²) in [6.07, 6.45) is 1.22. The summed E-state index contributed by atoms with van der Waals surface area (Å²) in [4.78, 5) is 73.0. The highest BCUT2D eigenvalue weighted by molar-refractivity contribution is 6.33. The number of anilines is 1. The van der Waals surface area contributed by atoms with E-state index < -0.39 is 29.7 Å². The summed E-state index contributed by atoms with van der Waals surface area (Å²) in [5.74, 6) is -0.831. The van der Waals surface area contributed by atoms with Gasteiger partial charge in [0.05, 0.1) is 29.3 Å². The number of hydrogen-bond acceptors (Lipinski definition) is 9. The van der Waals surface area contributed by atoms with E-state index in [-0.39, 0.29) is 64.7 Å². The van der Waals surface area contributed by atoms with Crippen LogP contribution in [0.15, 0.2) is 60.7 Å². The number of amides is 4. The first kappa shape index (κ1) is 40.9. The number of piperazine rings is 1. The molecule has 58 heavy (non-hydrogen) atoms. The largest absolute Gasteiger partial charge is 0.494 e. The number of hydrogen-bond donors (Lipinski definition) is 1. The van der Waals surface area contributed by atoms with E-state index in [1.54, 1.807) is 36.4 Å². The number of ether oxygens (including phenoxy) is 2. The highest BCUT2D eigenvalue weighted by Gasteiger charge is 2.63. The Morgan fingerprint density at radius 2 is 1.55 bits per heavy atom. The number of nitrogens with zero attached hydrogens (tertiary/aromatic N) is 4. The first-order valence-electron chi connectivity index (χ1n) is 20.0. The van der Waals surface area contributed by atoms with Crippen molar-refractivity contribution in [2.75, 3.05) is 31.1 Å². The second-order valence-corrected chi connectivity index (χ2v) is 17.7. The second kappa shape index (κ2) is 15.8. The fourth-order valence-corrected chi connectivity index (χ4v) is 10.2. The third kappa shape index (κ3) is 7.58. The molecule has 1 aliphatic carbocycles. The number of carbonyl (C=O) groups is 5. The van der Waals surface area contributed by atoms with Crippen molar-refractivity contribution in [1.82, 2.24) is 15.1 Å². The molecule has 3 heterocycles. The van der Waals surface area contributed by atoms with Crippen molar-refractivity contribution >= 4 is 52.4 Å². The van der Waals surface area contributed by atoms with Crippen molar-refractivity contribution in [2.24, 2.45) is 16.7 Å². The lowest BCUT2D eigenvalue weighted by Crippen LogP contribution is -2.66. The van der Waals surface area contributed by atoms with Crippen LogP contribution in [0.25, 0.3) is 4.85 Å². The van der Waals surface area contributed by atoms with E-state index in [1.807, 2.05) is 12.1 Å². The van der Waals surface area contributed by atoms with Crippen LogP contribution in [0.3, 0.4) is 0 Å². The minimum Gasteiger partial charge on any atom is -0.494 e. The topological polar surface area (TPSA) is 130 Å². The van der Waals surface area contributed by atoms with E-state index in [2.05, 4.69) is 73.6 Å². The van der Waals surface area contributed by atoms with E-state index in [9.17, 15) is 24.0 Å². The van der Waals surface area contributed by atoms with Gasteiger partial charge in [0.1, 0.15) is 23.6 Å². The second-order valence-electron chi connectivity index (χ2n) is 17.3. The van der Waals surface area contributed by atoms with E-state index in [0.717, 1.165) is 36.6 Å². The van der Waals surface area contributed by atoms with E-state index in [1.165, 1.54) is 0 Å². The molecule has 3 aromatic rings. The van der Waals surface area contributed by atoms with Gasteiger partial charge in [0, 0.05) is 66.6 Å². The van der Waals surface area contributed by atoms with Gasteiger partial charge in [-0.2, -0.15) is 0 Å². The minimum absolute atomic E-state index is 0.0680. The zero-order valence-electron chi connectivity index (χ0n) is 33.8. The van der Waals surface area contributed by atoms with Crippen LogP contribution in [-0.2, 0) is 9.59 Å². The van der Waals surface area contributed by atoms with Crippen LogP contribution in [0.5, 0.6) is 11.5 Å². The summed E-state index contributed by atoms with van der Waals surface area (Å²) in [6.45, 7) is 23.2. The SMILES string of the molecule is [C-]#[N+]c1ccc(OC2C(C)(C)C(CC(=O)c3ccc(N4C[C@@H](C)N(CCCOc5ccc6c(c5)C(=O)N(C5CCC(=O)NC5=O)C6=O)[C@@H](C)C4)cc3)C2(C)C)cc1Cl. The molecular weight excluding hydrogens is 758 g/mol. The molecule has 0 radical (unpaired) electrons. The number of halogens is 1. The third-order valence-electron chi connectivity index (χ3n) is 12.7. The Morgan fingerprint density at radius 1 is 0.897 bits per heavy atom. The lowest BCUT2D eigenvalue weighted by molar-refractivity contribution is -0.196. The number of Topliss-reactive ketones (excluding diaryl/α,β-unsaturated/α-hetero) is 1. The quantitative estimate of drug-likeness (QED) is 0.0864. The normalized spacial score (nSPS) is 25.1. The van der Waals surface area contributed by atoms with E-state index >= 15 is 0 Å². The number of nitrogens with one attached hydrogen (secondary N) is 1. The van der Waals surface area contributed by atoms with Gasteiger partial charge in [-0.05, 0) is 87.2 Å². The first-order valence-corrected chi connectivity index (χ1v) is 20.3. The van der Waals surface area contributed by atoms with Gasteiger partial charge < -0.3 is 14.4 Å². The Morgan fingerprint density at radius 3 is 2.19 bits per heavy atom. The molecule has 3 aromatic carbocycles. The fraction of sp³-hybridized carbons (Fsp3) is 0.467. The predicted molar refractivity (Wildman–Crippen MR) is 220 cm³/mol. The molecule has 1 N–H and O–H groups in total. The highest BCUT2D eigenvalue weighted by Crippen LogP contribution is 2.62. The van der Waals surface area contributed by atoms with E-state index in [4.69, 9.17) is 27.6 Å². The van der Waals surface area contributed by atoms with Gasteiger partial charge in [0.2, 0.25) is 17.5 Å². The van der Waals surface area contributed by atoms with Gasteiger partial charge in [-0.3, -0.25) is 39.1 Å². The Hall–Kier alpha value is -5.25. The number of rotatable bonds is 12. The predicted octanol–water partition coefficient (Wildman–Crippen LogP) is 7.36. The van der Waals surface area contributed by atoms with Gasteiger partial charge in [0.25, 0.3) is 11.8 Å². The molecule has 7 rings (SSSR count). The maximum Gasteiger partial charge on any atom is 0.262 e. The van der Waals surface area contributed by atoms with Gasteiger partial charge in [-0.25, -0.2) is 4.85 Å². The van der Waals surface area contributed by atoms with Crippen LogP contribution >= 0.6 is 11.6 Å². The zero-order valence-corrected chi connectivity index (χ0v) is 34.6. The molecule has 1 saturated carbocycles. The van der Waals surface area contributed by atoms with E-state index in [0.29, 0.717) is 40.8 Å². The average molecular weight is 808 g/mol. The lowest BCUT2D eigenvalue weighted by atomic mass is 9.44. The maximum absolute atomic E-state index is 13.7. The average Bonchev–Trinajstić information content (AvgIpc) is 3.42.